The molecule has 0 saturated carbocycles. The molecular formula is C16H16ClN3. The van der Waals surface area contributed by atoms with E-state index in [9.17, 15) is 0 Å². The van der Waals surface area contributed by atoms with Crippen molar-refractivity contribution in [2.24, 2.45) is 5.73 Å². The zero-order valence-corrected chi connectivity index (χ0v) is 11.8. The third-order valence-corrected chi connectivity index (χ3v) is 3.65. The second-order valence-electron chi connectivity index (χ2n) is 4.84. The SMILES string of the molecule is NCCc1cn(Cc2cccnc2)c2cc(Cl)ccc12. The first-order valence-electron chi connectivity index (χ1n) is 6.64. The van der Waals surface area contributed by atoms with Crippen molar-refractivity contribution >= 4 is 22.5 Å². The standard InChI is InChI=1S/C16H16ClN3/c17-14-3-4-15-13(5-6-18)11-20(16(15)8-14)10-12-2-1-7-19-9-12/h1-4,7-9,11H,5-6,10,18H2. The van der Waals surface area contributed by atoms with Crippen LogP contribution in [0.25, 0.3) is 10.9 Å². The molecule has 3 rings (SSSR count). The van der Waals surface area contributed by atoms with Crippen LogP contribution in [0.4, 0.5) is 0 Å². The van der Waals surface area contributed by atoms with E-state index < -0.39 is 0 Å². The van der Waals surface area contributed by atoms with Gasteiger partial charge in [-0.15, -0.1) is 0 Å². The molecule has 0 spiro atoms. The van der Waals surface area contributed by atoms with Crippen molar-refractivity contribution in [2.45, 2.75) is 13.0 Å². The Labute approximate surface area is 123 Å². The van der Waals surface area contributed by atoms with Crippen molar-refractivity contribution < 1.29 is 0 Å². The Balaban J connectivity index is 2.07. The maximum atomic E-state index is 6.13. The number of pyridine rings is 1. The predicted molar refractivity (Wildman–Crippen MR) is 83.0 cm³/mol. The maximum Gasteiger partial charge on any atom is 0.0501 e. The Morgan fingerprint density at radius 3 is 2.90 bits per heavy atom. The average molecular weight is 286 g/mol. The number of hydrogen-bond donors (Lipinski definition) is 1. The van der Waals surface area contributed by atoms with E-state index in [0.717, 1.165) is 23.5 Å². The number of hydrogen-bond acceptors (Lipinski definition) is 2. The largest absolute Gasteiger partial charge is 0.343 e. The van der Waals surface area contributed by atoms with Crippen molar-refractivity contribution in [2.75, 3.05) is 6.54 Å². The molecular weight excluding hydrogens is 270 g/mol. The van der Waals surface area contributed by atoms with Gasteiger partial charge in [-0.3, -0.25) is 4.98 Å². The van der Waals surface area contributed by atoms with E-state index >= 15 is 0 Å². The molecule has 0 aliphatic heterocycles. The van der Waals surface area contributed by atoms with Crippen LogP contribution >= 0.6 is 11.6 Å². The van der Waals surface area contributed by atoms with Crippen LogP contribution in [-0.2, 0) is 13.0 Å². The Morgan fingerprint density at radius 1 is 1.25 bits per heavy atom. The van der Waals surface area contributed by atoms with Crippen molar-refractivity contribution in [1.29, 1.82) is 0 Å². The second-order valence-corrected chi connectivity index (χ2v) is 5.28. The molecule has 0 amide bonds. The van der Waals surface area contributed by atoms with E-state index in [4.69, 9.17) is 17.3 Å². The van der Waals surface area contributed by atoms with Crippen LogP contribution < -0.4 is 5.73 Å². The van der Waals surface area contributed by atoms with Gasteiger partial charge >= 0.3 is 0 Å². The molecule has 0 aliphatic carbocycles. The van der Waals surface area contributed by atoms with Gasteiger partial charge in [-0.05, 0) is 42.3 Å². The molecule has 4 heteroatoms. The van der Waals surface area contributed by atoms with Crippen LogP contribution in [0.5, 0.6) is 0 Å². The number of nitrogens with two attached hydrogens (primary N) is 1. The highest BCUT2D eigenvalue weighted by Crippen LogP contribution is 2.25. The molecule has 0 bridgehead atoms. The Bertz CT molecular complexity index is 719. The molecule has 2 N–H and O–H groups in total. The van der Waals surface area contributed by atoms with E-state index in [1.165, 1.54) is 16.5 Å². The van der Waals surface area contributed by atoms with Crippen molar-refractivity contribution in [1.82, 2.24) is 9.55 Å². The van der Waals surface area contributed by atoms with Crippen LogP contribution in [0.3, 0.4) is 0 Å². The summed E-state index contributed by atoms with van der Waals surface area (Å²) in [6.07, 6.45) is 6.71. The van der Waals surface area contributed by atoms with Gasteiger partial charge in [0.05, 0.1) is 5.52 Å². The third-order valence-electron chi connectivity index (χ3n) is 3.42. The summed E-state index contributed by atoms with van der Waals surface area (Å²) in [5, 5.41) is 1.98. The Hall–Kier alpha value is -1.84. The molecule has 2 aromatic heterocycles. The number of fused-ring (bicyclic) bond motifs is 1. The van der Waals surface area contributed by atoms with E-state index in [0.29, 0.717) is 6.54 Å². The molecule has 3 nitrogen and oxygen atoms in total. The summed E-state index contributed by atoms with van der Waals surface area (Å²) in [6, 6.07) is 10.0. The lowest BCUT2D eigenvalue weighted by atomic mass is 10.1. The number of halogens is 1. The molecule has 2 heterocycles. The zero-order chi connectivity index (χ0) is 13.9. The fourth-order valence-corrected chi connectivity index (χ4v) is 2.68. The van der Waals surface area contributed by atoms with Crippen LogP contribution in [0.1, 0.15) is 11.1 Å². The van der Waals surface area contributed by atoms with Gasteiger partial charge in [-0.25, -0.2) is 0 Å². The van der Waals surface area contributed by atoms with Crippen molar-refractivity contribution in [3.05, 3.63) is 65.1 Å². The summed E-state index contributed by atoms with van der Waals surface area (Å²) in [6.45, 7) is 1.43. The smallest absolute Gasteiger partial charge is 0.0501 e. The summed E-state index contributed by atoms with van der Waals surface area (Å²) >= 11 is 6.13. The molecule has 0 fully saturated rings. The lowest BCUT2D eigenvalue weighted by Crippen LogP contribution is -2.02. The van der Waals surface area contributed by atoms with Crippen molar-refractivity contribution in [3.63, 3.8) is 0 Å². The second kappa shape index (κ2) is 5.65. The topological polar surface area (TPSA) is 43.8 Å². The lowest BCUT2D eigenvalue weighted by molar-refractivity contribution is 0.822. The van der Waals surface area contributed by atoms with E-state index in [-0.39, 0.29) is 0 Å². The fourth-order valence-electron chi connectivity index (χ4n) is 2.52. The quantitative estimate of drug-likeness (QED) is 0.800. The molecule has 0 saturated heterocycles. The molecule has 102 valence electrons. The van der Waals surface area contributed by atoms with Gasteiger partial charge in [0.2, 0.25) is 0 Å². The molecule has 0 radical (unpaired) electrons. The predicted octanol–water partition coefficient (Wildman–Crippen LogP) is 3.24. The van der Waals surface area contributed by atoms with Gasteiger partial charge in [0, 0.05) is 35.5 Å². The van der Waals surface area contributed by atoms with Crippen LogP contribution in [0, 0.1) is 0 Å². The highest BCUT2D eigenvalue weighted by Gasteiger charge is 2.09. The fraction of sp³-hybridized carbons (Fsp3) is 0.188. The van der Waals surface area contributed by atoms with E-state index in [1.54, 1.807) is 6.20 Å². The molecule has 1 aromatic carbocycles. The summed E-state index contributed by atoms with van der Waals surface area (Å²) in [5.41, 5.74) is 9.28. The first-order chi connectivity index (χ1) is 9.78. The minimum atomic E-state index is 0.647. The van der Waals surface area contributed by atoms with E-state index in [2.05, 4.69) is 27.9 Å². The van der Waals surface area contributed by atoms with Gasteiger partial charge < -0.3 is 10.3 Å². The molecule has 0 atom stereocenters. The first kappa shape index (κ1) is 13.2. The monoisotopic (exact) mass is 285 g/mol. The summed E-state index contributed by atoms with van der Waals surface area (Å²) in [7, 11) is 0. The first-order valence-corrected chi connectivity index (χ1v) is 7.02. The lowest BCUT2D eigenvalue weighted by Gasteiger charge is -2.05. The normalized spacial score (nSPS) is 11.1. The number of aromatic nitrogens is 2. The van der Waals surface area contributed by atoms with Crippen molar-refractivity contribution in [3.8, 4) is 0 Å². The van der Waals surface area contributed by atoms with Crippen LogP contribution in [-0.4, -0.2) is 16.1 Å². The van der Waals surface area contributed by atoms with Crippen LogP contribution in [0.2, 0.25) is 5.02 Å². The average Bonchev–Trinajstić information content (AvgIpc) is 2.78. The van der Waals surface area contributed by atoms with Gasteiger partial charge in [0.1, 0.15) is 0 Å². The minimum Gasteiger partial charge on any atom is -0.343 e. The molecule has 20 heavy (non-hydrogen) atoms. The third kappa shape index (κ3) is 2.55. The summed E-state index contributed by atoms with van der Waals surface area (Å²) in [4.78, 5) is 4.16. The van der Waals surface area contributed by atoms with Gasteiger partial charge in [0.15, 0.2) is 0 Å². The molecule has 3 aromatic rings. The van der Waals surface area contributed by atoms with Gasteiger partial charge in [-0.1, -0.05) is 23.7 Å². The zero-order valence-electron chi connectivity index (χ0n) is 11.1. The summed E-state index contributed by atoms with van der Waals surface area (Å²) < 4.78 is 2.21. The number of benzene rings is 1. The Morgan fingerprint density at radius 2 is 2.15 bits per heavy atom. The summed E-state index contributed by atoms with van der Waals surface area (Å²) in [5.74, 6) is 0. The maximum absolute atomic E-state index is 6.13. The molecule has 0 aliphatic rings. The van der Waals surface area contributed by atoms with E-state index in [1.807, 2.05) is 24.4 Å². The minimum absolute atomic E-state index is 0.647. The highest BCUT2D eigenvalue weighted by molar-refractivity contribution is 6.31. The van der Waals surface area contributed by atoms with Gasteiger partial charge in [0.25, 0.3) is 0 Å². The Kier molecular flexibility index (Phi) is 3.72. The molecule has 0 unspecified atom stereocenters. The van der Waals surface area contributed by atoms with Gasteiger partial charge in [-0.2, -0.15) is 0 Å². The number of nitrogens with zero attached hydrogens (tertiary/aromatic N) is 2. The van der Waals surface area contributed by atoms with Crippen LogP contribution in [0.15, 0.2) is 48.9 Å². The number of rotatable bonds is 4. The highest BCUT2D eigenvalue weighted by atomic mass is 35.5.